The highest BCUT2D eigenvalue weighted by atomic mass is 16.5. The summed E-state index contributed by atoms with van der Waals surface area (Å²) in [6.45, 7) is 11.1. The molecule has 1 amide bonds. The van der Waals surface area contributed by atoms with E-state index in [2.05, 4.69) is 33.0 Å². The summed E-state index contributed by atoms with van der Waals surface area (Å²) in [5.41, 5.74) is 5.98. The van der Waals surface area contributed by atoms with E-state index in [1.54, 1.807) is 6.33 Å². The first-order valence-corrected chi connectivity index (χ1v) is 13.5. The first-order chi connectivity index (χ1) is 19.3. The normalized spacial score (nSPS) is 14.3. The number of benzene rings is 1. The van der Waals surface area contributed by atoms with Gasteiger partial charge in [0.25, 0.3) is 0 Å². The minimum Gasteiger partial charge on any atom is -0.457 e. The van der Waals surface area contributed by atoms with Crippen molar-refractivity contribution < 1.29 is 9.53 Å². The number of carbonyl (C=O) groups excluding carboxylic acids is 1. The van der Waals surface area contributed by atoms with Crippen molar-refractivity contribution in [3.05, 3.63) is 96.2 Å². The van der Waals surface area contributed by atoms with E-state index in [1.165, 1.54) is 11.6 Å². The van der Waals surface area contributed by atoms with Crippen LogP contribution in [0, 0.1) is 6.92 Å². The third-order valence-electron chi connectivity index (χ3n) is 7.12. The summed E-state index contributed by atoms with van der Waals surface area (Å²) in [4.78, 5) is 23.0. The second-order valence-electron chi connectivity index (χ2n) is 10.4. The summed E-state index contributed by atoms with van der Waals surface area (Å²) in [6, 6.07) is 12.0. The zero-order chi connectivity index (χ0) is 28.2. The molecule has 0 radical (unpaired) electrons. The molecule has 0 bridgehead atoms. The molecule has 4 heterocycles. The molecule has 0 spiro atoms. The van der Waals surface area contributed by atoms with Crippen molar-refractivity contribution in [2.75, 3.05) is 18.4 Å². The second-order valence-corrected chi connectivity index (χ2v) is 10.4. The first-order valence-electron chi connectivity index (χ1n) is 13.5. The fourth-order valence-corrected chi connectivity index (χ4v) is 4.97. The molecule has 1 aromatic carbocycles. The highest BCUT2D eigenvalue weighted by Crippen LogP contribution is 2.35. The highest BCUT2D eigenvalue weighted by molar-refractivity contribution is 5.87. The molecule has 4 aromatic rings. The number of amides is 1. The van der Waals surface area contributed by atoms with Gasteiger partial charge in [0.1, 0.15) is 28.8 Å². The number of allylic oxidation sites excluding steroid dienone is 1. The Morgan fingerprint density at radius 3 is 2.67 bits per heavy atom. The fraction of sp³-hybridized carbons (Fsp3) is 0.290. The summed E-state index contributed by atoms with van der Waals surface area (Å²) in [5.74, 6) is 2.55. The lowest BCUT2D eigenvalue weighted by Crippen LogP contribution is -2.36. The molecule has 1 aliphatic rings. The van der Waals surface area contributed by atoms with Crippen LogP contribution in [0.1, 0.15) is 43.7 Å². The number of rotatable bonds is 7. The fourth-order valence-electron chi connectivity index (χ4n) is 4.97. The van der Waals surface area contributed by atoms with Gasteiger partial charge in [0.15, 0.2) is 5.82 Å². The Kier molecular flexibility index (Phi) is 7.82. The number of pyridine rings is 1. The van der Waals surface area contributed by atoms with E-state index in [-0.39, 0.29) is 5.91 Å². The molecule has 9 nitrogen and oxygen atoms in total. The van der Waals surface area contributed by atoms with Crippen LogP contribution in [0.5, 0.6) is 11.5 Å². The molecule has 1 saturated heterocycles. The van der Waals surface area contributed by atoms with Crippen molar-refractivity contribution in [2.45, 2.75) is 39.5 Å². The van der Waals surface area contributed by atoms with Crippen LogP contribution in [0.4, 0.5) is 11.5 Å². The Morgan fingerprint density at radius 1 is 1.15 bits per heavy atom. The third-order valence-corrected chi connectivity index (χ3v) is 7.12. The molecule has 0 aliphatic carbocycles. The van der Waals surface area contributed by atoms with Crippen molar-refractivity contribution >= 4 is 22.9 Å². The first kappa shape index (κ1) is 26.9. The maximum Gasteiger partial charge on any atom is 0.245 e. The lowest BCUT2D eigenvalue weighted by molar-refractivity contribution is -0.127. The minimum atomic E-state index is -0.00545. The van der Waals surface area contributed by atoms with Crippen LogP contribution in [0.3, 0.4) is 0 Å². The largest absolute Gasteiger partial charge is 0.457 e. The van der Waals surface area contributed by atoms with Crippen molar-refractivity contribution in [3.63, 3.8) is 0 Å². The van der Waals surface area contributed by atoms with Gasteiger partial charge in [-0.05, 0) is 87.1 Å². The van der Waals surface area contributed by atoms with Gasteiger partial charge in [0.05, 0.1) is 0 Å². The molecule has 0 atom stereocenters. The molecule has 3 aromatic heterocycles. The van der Waals surface area contributed by atoms with Crippen LogP contribution in [-0.4, -0.2) is 43.1 Å². The van der Waals surface area contributed by atoms with Crippen LogP contribution in [0.25, 0.3) is 5.52 Å². The second kappa shape index (κ2) is 11.6. The van der Waals surface area contributed by atoms with Crippen molar-refractivity contribution in [1.29, 1.82) is 0 Å². The quantitative estimate of drug-likeness (QED) is 0.309. The Morgan fingerprint density at radius 2 is 1.95 bits per heavy atom. The topological polar surface area (TPSA) is 89.0 Å². The van der Waals surface area contributed by atoms with Crippen molar-refractivity contribution in [1.82, 2.24) is 24.1 Å². The Balaban J connectivity index is 1.36. The maximum atomic E-state index is 12.0. The summed E-state index contributed by atoms with van der Waals surface area (Å²) in [7, 11) is 1.96. The highest BCUT2D eigenvalue weighted by Gasteiger charge is 2.25. The molecule has 1 N–H and O–H groups in total. The minimum absolute atomic E-state index is 0.00545. The number of aryl methyl sites for hydroxylation is 2. The summed E-state index contributed by atoms with van der Waals surface area (Å²) >= 11 is 0. The molecular weight excluding hydrogens is 502 g/mol. The molecule has 0 saturated carbocycles. The Hall–Kier alpha value is -4.66. The van der Waals surface area contributed by atoms with Crippen LogP contribution in [0.15, 0.2) is 84.5 Å². The van der Waals surface area contributed by atoms with Crippen LogP contribution < -0.4 is 15.5 Å². The molecule has 9 heteroatoms. The van der Waals surface area contributed by atoms with Gasteiger partial charge in [-0.25, -0.2) is 14.5 Å². The monoisotopic (exact) mass is 537 g/mol. The molecular formula is C31H35N7O2. The number of fused-ring (bicyclic) bond motifs is 1. The summed E-state index contributed by atoms with van der Waals surface area (Å²) in [5, 5.41) is 7.92. The molecule has 40 heavy (non-hydrogen) atoms. The number of aromatic nitrogens is 4. The van der Waals surface area contributed by atoms with Gasteiger partial charge < -0.3 is 19.5 Å². The predicted molar refractivity (Wildman–Crippen MR) is 157 cm³/mol. The summed E-state index contributed by atoms with van der Waals surface area (Å²) < 4.78 is 10.0. The average Bonchev–Trinajstić information content (AvgIpc) is 3.39. The number of carbonyl (C=O) groups is 1. The van der Waals surface area contributed by atoms with E-state index >= 15 is 0 Å². The zero-order valence-electron chi connectivity index (χ0n) is 23.5. The standard InChI is InChI=1S/C31H35N7O2/c1-6-29(39)37-14-9-23(10-15-37)26-12-16-38-30(26)31(33-20-34-38)35-24-7-8-27(22(4)17-24)40-25-11-13-36(5)28(18-25)32-19-21(2)3/h6-8,11-13,16-20,23H,1,9-10,14-15H2,2-5H3,(H,33,34,35). The molecule has 1 fully saturated rings. The van der Waals surface area contributed by atoms with E-state index in [0.717, 1.165) is 58.0 Å². The maximum absolute atomic E-state index is 12.0. The van der Waals surface area contributed by atoms with E-state index in [9.17, 15) is 4.79 Å². The lowest BCUT2D eigenvalue weighted by atomic mass is 9.90. The number of piperidine rings is 1. The Labute approximate surface area is 234 Å². The van der Waals surface area contributed by atoms with Crippen LogP contribution in [0.2, 0.25) is 0 Å². The van der Waals surface area contributed by atoms with Crippen LogP contribution in [-0.2, 0) is 11.8 Å². The number of ether oxygens (including phenoxy) is 1. The lowest BCUT2D eigenvalue weighted by Gasteiger charge is -2.31. The average molecular weight is 538 g/mol. The number of hydrogen-bond acceptors (Lipinski definition) is 6. The van der Waals surface area contributed by atoms with E-state index in [1.807, 2.05) is 90.7 Å². The Bertz CT molecular complexity index is 1650. The zero-order valence-corrected chi connectivity index (χ0v) is 23.5. The van der Waals surface area contributed by atoms with Gasteiger partial charge in [0.2, 0.25) is 5.91 Å². The number of hydrogen-bond donors (Lipinski definition) is 1. The van der Waals surface area contributed by atoms with Crippen molar-refractivity contribution in [2.24, 2.45) is 12.0 Å². The van der Waals surface area contributed by atoms with E-state index in [0.29, 0.717) is 19.0 Å². The molecule has 1 aliphatic heterocycles. The van der Waals surface area contributed by atoms with E-state index < -0.39 is 0 Å². The van der Waals surface area contributed by atoms with Gasteiger partial charge in [-0.2, -0.15) is 5.10 Å². The van der Waals surface area contributed by atoms with Gasteiger partial charge >= 0.3 is 0 Å². The van der Waals surface area contributed by atoms with Gasteiger partial charge in [-0.15, -0.1) is 0 Å². The molecule has 5 rings (SSSR count). The van der Waals surface area contributed by atoms with Gasteiger partial charge in [0, 0.05) is 50.5 Å². The predicted octanol–water partition coefficient (Wildman–Crippen LogP) is 5.63. The van der Waals surface area contributed by atoms with Crippen molar-refractivity contribution in [3.8, 4) is 11.5 Å². The van der Waals surface area contributed by atoms with Crippen LogP contribution >= 0.6 is 0 Å². The number of anilines is 2. The van der Waals surface area contributed by atoms with Gasteiger partial charge in [-0.1, -0.05) is 12.2 Å². The number of nitrogens with one attached hydrogen (secondary N) is 1. The third kappa shape index (κ3) is 5.83. The van der Waals surface area contributed by atoms with Gasteiger partial charge in [-0.3, -0.25) is 4.79 Å². The molecule has 0 unspecified atom stereocenters. The number of nitrogens with zero attached hydrogens (tertiary/aromatic N) is 6. The molecule has 206 valence electrons. The smallest absolute Gasteiger partial charge is 0.245 e. The van der Waals surface area contributed by atoms with E-state index in [4.69, 9.17) is 4.74 Å². The summed E-state index contributed by atoms with van der Waals surface area (Å²) in [6.07, 6.45) is 10.5. The SMILES string of the molecule is C=CC(=O)N1CCC(c2ccn3ncnc(Nc4ccc(Oc5ccn(C)c(=NC=C(C)C)c5)c(C)c4)c23)CC1. The number of likely N-dealkylation sites (tertiary alicyclic amines) is 1.